The summed E-state index contributed by atoms with van der Waals surface area (Å²) in [6.45, 7) is 5.12. The van der Waals surface area contributed by atoms with Crippen molar-refractivity contribution in [3.05, 3.63) is 53.3 Å². The normalized spacial score (nSPS) is 16.6. The van der Waals surface area contributed by atoms with Gasteiger partial charge in [0, 0.05) is 30.8 Å². The first-order valence-electron chi connectivity index (χ1n) is 9.99. The number of halogens is 1. The third-order valence-corrected chi connectivity index (χ3v) is 5.96. The Morgan fingerprint density at radius 2 is 1.82 bits per heavy atom. The zero-order valence-corrected chi connectivity index (χ0v) is 18.2. The largest absolute Gasteiger partial charge is 0.354 e. The molecule has 0 saturated heterocycles. The zero-order chi connectivity index (χ0) is 19.4. The minimum atomic E-state index is -0.375. The lowest BCUT2D eigenvalue weighted by atomic mass is 9.78. The number of rotatable bonds is 7. The molecule has 1 unspecified atom stereocenters. The molecule has 5 nitrogen and oxygen atoms in total. The van der Waals surface area contributed by atoms with Gasteiger partial charge in [0.2, 0.25) is 5.91 Å². The molecule has 0 aliphatic heterocycles. The number of aryl methyl sites for hydroxylation is 1. The van der Waals surface area contributed by atoms with Crippen LogP contribution in [-0.4, -0.2) is 29.3 Å². The lowest BCUT2D eigenvalue weighted by Gasteiger charge is -2.31. The van der Waals surface area contributed by atoms with Crippen LogP contribution in [0, 0.1) is 0 Å². The van der Waals surface area contributed by atoms with Gasteiger partial charge in [0.25, 0.3) is 0 Å². The average molecular weight is 405 g/mol. The van der Waals surface area contributed by atoms with E-state index in [9.17, 15) is 4.79 Å². The third-order valence-electron chi connectivity index (χ3n) is 5.96. The Kier molecular flexibility index (Phi) is 7.67. The van der Waals surface area contributed by atoms with E-state index >= 15 is 0 Å². The lowest BCUT2D eigenvalue weighted by Crippen LogP contribution is -2.43. The van der Waals surface area contributed by atoms with Crippen LogP contribution in [0.25, 0.3) is 0 Å². The first-order valence-corrected chi connectivity index (χ1v) is 9.99. The van der Waals surface area contributed by atoms with Gasteiger partial charge in [0.05, 0.1) is 6.20 Å². The number of nitrogens with zero attached hydrogens (tertiary/aromatic N) is 2. The second kappa shape index (κ2) is 9.57. The fraction of sp³-hybridized carbons (Fsp3) is 0.545. The fourth-order valence-electron chi connectivity index (χ4n) is 4.24. The van der Waals surface area contributed by atoms with Crippen LogP contribution in [0.15, 0.2) is 36.7 Å². The third kappa shape index (κ3) is 4.76. The van der Waals surface area contributed by atoms with Crippen molar-refractivity contribution in [3.8, 4) is 0 Å². The molecule has 2 N–H and O–H groups in total. The highest BCUT2D eigenvalue weighted by atomic mass is 35.5. The molecule has 0 radical (unpaired) electrons. The maximum atomic E-state index is 12.8. The van der Waals surface area contributed by atoms with E-state index in [-0.39, 0.29) is 29.8 Å². The summed E-state index contributed by atoms with van der Waals surface area (Å²) >= 11 is 0. The molecule has 0 bridgehead atoms. The van der Waals surface area contributed by atoms with Gasteiger partial charge in [-0.2, -0.15) is 5.10 Å². The number of likely N-dealkylation sites (N-methyl/N-ethyl adjacent to an activating group) is 1. The molecule has 0 spiro atoms. The summed E-state index contributed by atoms with van der Waals surface area (Å²) in [6, 6.07) is 8.65. The molecule has 154 valence electrons. The van der Waals surface area contributed by atoms with Gasteiger partial charge in [-0.25, -0.2) is 0 Å². The van der Waals surface area contributed by atoms with Crippen LogP contribution < -0.4 is 10.6 Å². The van der Waals surface area contributed by atoms with Crippen LogP contribution in [0.2, 0.25) is 0 Å². The van der Waals surface area contributed by atoms with Crippen molar-refractivity contribution in [2.24, 2.45) is 7.05 Å². The SMILES string of the molecule is CNC(C(=O)NCC1(c2ccc(C(C)C)cc2)CCCC1)c1cnn(C)c1.Cl. The monoisotopic (exact) mass is 404 g/mol. The van der Waals surface area contributed by atoms with Gasteiger partial charge >= 0.3 is 0 Å². The van der Waals surface area contributed by atoms with Crippen molar-refractivity contribution in [1.29, 1.82) is 0 Å². The maximum Gasteiger partial charge on any atom is 0.241 e. The molecular weight excluding hydrogens is 372 g/mol. The van der Waals surface area contributed by atoms with Crippen molar-refractivity contribution in [3.63, 3.8) is 0 Å². The van der Waals surface area contributed by atoms with Gasteiger partial charge in [-0.05, 0) is 36.9 Å². The Hall–Kier alpha value is -1.85. The molecule has 6 heteroatoms. The van der Waals surface area contributed by atoms with Gasteiger partial charge < -0.3 is 10.6 Å². The molecular formula is C22H33ClN4O. The van der Waals surface area contributed by atoms with Crippen LogP contribution in [0.4, 0.5) is 0 Å². The van der Waals surface area contributed by atoms with Crippen molar-refractivity contribution in [2.75, 3.05) is 13.6 Å². The fourth-order valence-corrected chi connectivity index (χ4v) is 4.24. The first-order chi connectivity index (χ1) is 12.9. The highest BCUT2D eigenvalue weighted by Gasteiger charge is 2.36. The van der Waals surface area contributed by atoms with E-state index in [0.717, 1.165) is 18.4 Å². The molecule has 1 fully saturated rings. The molecule has 1 aromatic heterocycles. The summed E-state index contributed by atoms with van der Waals surface area (Å²) in [6.07, 6.45) is 8.34. The molecule has 1 aromatic carbocycles. The number of hydrogen-bond acceptors (Lipinski definition) is 3. The first kappa shape index (κ1) is 22.4. The topological polar surface area (TPSA) is 59.0 Å². The number of nitrogens with one attached hydrogen (secondary N) is 2. The molecule has 1 saturated carbocycles. The van der Waals surface area contributed by atoms with Crippen LogP contribution >= 0.6 is 12.4 Å². The van der Waals surface area contributed by atoms with Crippen molar-refractivity contribution in [2.45, 2.75) is 56.9 Å². The minimum absolute atomic E-state index is 0. The van der Waals surface area contributed by atoms with Gasteiger partial charge in [-0.1, -0.05) is 51.0 Å². The Bertz CT molecular complexity index is 763. The molecule has 28 heavy (non-hydrogen) atoms. The Morgan fingerprint density at radius 1 is 1.18 bits per heavy atom. The number of aromatic nitrogens is 2. The molecule has 3 rings (SSSR count). The highest BCUT2D eigenvalue weighted by Crippen LogP contribution is 2.41. The summed E-state index contributed by atoms with van der Waals surface area (Å²) in [5, 5.41) is 10.5. The minimum Gasteiger partial charge on any atom is -0.354 e. The van der Waals surface area contributed by atoms with Crippen LogP contribution in [0.1, 0.15) is 68.2 Å². The van der Waals surface area contributed by atoms with Crippen molar-refractivity contribution >= 4 is 18.3 Å². The lowest BCUT2D eigenvalue weighted by molar-refractivity contribution is -0.123. The standard InChI is InChI=1S/C22H32N4O.ClH/c1-16(2)17-7-9-19(10-8-17)22(11-5-6-12-22)15-24-21(27)20(23-3)18-13-25-26(4)14-18;/h7-10,13-14,16,20,23H,5-6,11-12,15H2,1-4H3,(H,24,27);1H. The Morgan fingerprint density at radius 3 is 2.32 bits per heavy atom. The summed E-state index contributed by atoms with van der Waals surface area (Å²) in [7, 11) is 3.68. The molecule has 1 aliphatic carbocycles. The molecule has 1 atom stereocenters. The van der Waals surface area contributed by atoms with E-state index in [4.69, 9.17) is 0 Å². The Labute approximate surface area is 174 Å². The van der Waals surface area contributed by atoms with Crippen LogP contribution in [0.3, 0.4) is 0 Å². The number of amides is 1. The van der Waals surface area contributed by atoms with E-state index in [1.165, 1.54) is 24.0 Å². The zero-order valence-electron chi connectivity index (χ0n) is 17.4. The maximum absolute atomic E-state index is 12.8. The summed E-state index contributed by atoms with van der Waals surface area (Å²) < 4.78 is 1.72. The number of benzene rings is 1. The predicted octanol–water partition coefficient (Wildman–Crippen LogP) is 3.85. The predicted molar refractivity (Wildman–Crippen MR) is 116 cm³/mol. The van der Waals surface area contributed by atoms with Gasteiger partial charge in [0.1, 0.15) is 6.04 Å². The van der Waals surface area contributed by atoms with Gasteiger partial charge in [0.15, 0.2) is 0 Å². The van der Waals surface area contributed by atoms with Gasteiger partial charge in [-0.3, -0.25) is 9.48 Å². The summed E-state index contributed by atoms with van der Waals surface area (Å²) in [4.78, 5) is 12.8. The van der Waals surface area contributed by atoms with E-state index in [2.05, 4.69) is 53.8 Å². The quantitative estimate of drug-likeness (QED) is 0.736. The highest BCUT2D eigenvalue weighted by molar-refractivity contribution is 5.85. The van der Waals surface area contributed by atoms with Crippen molar-refractivity contribution in [1.82, 2.24) is 20.4 Å². The van der Waals surface area contributed by atoms with Crippen LogP contribution in [0.5, 0.6) is 0 Å². The van der Waals surface area contributed by atoms with E-state index in [1.54, 1.807) is 10.9 Å². The van der Waals surface area contributed by atoms with E-state index < -0.39 is 0 Å². The second-order valence-electron chi connectivity index (χ2n) is 8.15. The average Bonchev–Trinajstić information content (AvgIpc) is 3.31. The van der Waals surface area contributed by atoms with E-state index in [1.807, 2.05) is 20.3 Å². The number of hydrogen-bond donors (Lipinski definition) is 2. The number of carbonyl (C=O) groups excluding carboxylic acids is 1. The summed E-state index contributed by atoms with van der Waals surface area (Å²) in [5.41, 5.74) is 3.66. The van der Waals surface area contributed by atoms with Crippen molar-refractivity contribution < 1.29 is 4.79 Å². The second-order valence-corrected chi connectivity index (χ2v) is 8.15. The molecule has 2 aromatic rings. The number of carbonyl (C=O) groups is 1. The Balaban J connectivity index is 0.00000280. The van der Waals surface area contributed by atoms with Gasteiger partial charge in [-0.15, -0.1) is 12.4 Å². The van der Waals surface area contributed by atoms with Crippen LogP contribution in [-0.2, 0) is 17.3 Å². The molecule has 1 amide bonds. The summed E-state index contributed by atoms with van der Waals surface area (Å²) in [5.74, 6) is 0.546. The molecule has 1 heterocycles. The smallest absolute Gasteiger partial charge is 0.241 e. The molecule has 1 aliphatic rings. The van der Waals surface area contributed by atoms with E-state index in [0.29, 0.717) is 12.5 Å².